The smallest absolute Gasteiger partial charge is 0.234 e. The Morgan fingerprint density at radius 3 is 2.76 bits per heavy atom. The maximum absolute atomic E-state index is 11.4. The van der Waals surface area contributed by atoms with Gasteiger partial charge in [-0.2, -0.15) is 0 Å². The molecule has 3 N–H and O–H groups in total. The summed E-state index contributed by atoms with van der Waals surface area (Å²) in [5.41, 5.74) is 7.17. The number of carbonyl (C=O) groups is 1. The lowest BCUT2D eigenvalue weighted by Crippen LogP contribution is -2.52. The number of pyridine rings is 1. The Morgan fingerprint density at radius 1 is 1.47 bits per heavy atom. The molecule has 1 amide bonds. The first kappa shape index (κ1) is 12.0. The van der Waals surface area contributed by atoms with Crippen molar-refractivity contribution in [3.8, 4) is 0 Å². The summed E-state index contributed by atoms with van der Waals surface area (Å²) >= 11 is 0. The summed E-state index contributed by atoms with van der Waals surface area (Å²) in [6, 6.07) is 3.97. The Kier molecular flexibility index (Phi) is 3.71. The van der Waals surface area contributed by atoms with Gasteiger partial charge in [-0.05, 0) is 24.6 Å². The quantitative estimate of drug-likeness (QED) is 0.766. The highest BCUT2D eigenvalue weighted by molar-refractivity contribution is 5.78. The molecule has 1 aliphatic rings. The van der Waals surface area contributed by atoms with Crippen LogP contribution in [-0.4, -0.2) is 41.5 Å². The molecule has 1 saturated heterocycles. The molecule has 17 heavy (non-hydrogen) atoms. The molecule has 5 nitrogen and oxygen atoms in total. The predicted molar refractivity (Wildman–Crippen MR) is 65.2 cm³/mol. The van der Waals surface area contributed by atoms with Crippen molar-refractivity contribution in [1.82, 2.24) is 15.2 Å². The van der Waals surface area contributed by atoms with Crippen molar-refractivity contribution < 1.29 is 4.79 Å². The number of nitrogens with two attached hydrogens (primary N) is 1. The third-order valence-corrected chi connectivity index (χ3v) is 3.01. The number of carbonyl (C=O) groups excluding carboxylic acids is 1. The zero-order valence-electron chi connectivity index (χ0n) is 9.97. The molecule has 1 fully saturated rings. The summed E-state index contributed by atoms with van der Waals surface area (Å²) in [6.45, 7) is 3.90. The van der Waals surface area contributed by atoms with Crippen LogP contribution in [0.2, 0.25) is 0 Å². The van der Waals surface area contributed by atoms with E-state index in [0.717, 1.165) is 12.1 Å². The second kappa shape index (κ2) is 5.25. The van der Waals surface area contributed by atoms with E-state index < -0.39 is 0 Å². The molecule has 1 aliphatic heterocycles. The SMILES string of the molecule is CC(N)C(c1ccncc1)N1CCNC(=O)C1. The van der Waals surface area contributed by atoms with E-state index in [1.165, 1.54) is 0 Å². The van der Waals surface area contributed by atoms with Crippen LogP contribution in [0.5, 0.6) is 0 Å². The number of amides is 1. The summed E-state index contributed by atoms with van der Waals surface area (Å²) in [6.07, 6.45) is 3.52. The standard InChI is InChI=1S/C12H18N4O/c1-9(13)12(10-2-4-14-5-3-10)16-7-6-15-11(17)8-16/h2-5,9,12H,6-8,13H2,1H3,(H,15,17). The van der Waals surface area contributed by atoms with Crippen LogP contribution in [0.4, 0.5) is 0 Å². The molecule has 0 bridgehead atoms. The lowest BCUT2D eigenvalue weighted by molar-refractivity contribution is -0.125. The highest BCUT2D eigenvalue weighted by Gasteiger charge is 2.27. The summed E-state index contributed by atoms with van der Waals surface area (Å²) in [5, 5.41) is 2.82. The first-order chi connectivity index (χ1) is 8.18. The third kappa shape index (κ3) is 2.81. The van der Waals surface area contributed by atoms with Crippen LogP contribution in [0.25, 0.3) is 0 Å². The molecule has 2 unspecified atom stereocenters. The lowest BCUT2D eigenvalue weighted by atomic mass is 9.99. The minimum atomic E-state index is -0.0247. The molecular formula is C12H18N4O. The lowest BCUT2D eigenvalue weighted by Gasteiger charge is -2.36. The largest absolute Gasteiger partial charge is 0.354 e. The fourth-order valence-electron chi connectivity index (χ4n) is 2.30. The number of aromatic nitrogens is 1. The van der Waals surface area contributed by atoms with Crippen molar-refractivity contribution in [3.63, 3.8) is 0 Å². The van der Waals surface area contributed by atoms with E-state index in [2.05, 4.69) is 15.2 Å². The molecule has 92 valence electrons. The molecule has 0 spiro atoms. The fraction of sp³-hybridized carbons (Fsp3) is 0.500. The van der Waals surface area contributed by atoms with E-state index in [-0.39, 0.29) is 18.0 Å². The molecule has 0 radical (unpaired) electrons. The van der Waals surface area contributed by atoms with Crippen molar-refractivity contribution in [1.29, 1.82) is 0 Å². The Labute approximate surface area is 101 Å². The van der Waals surface area contributed by atoms with Gasteiger partial charge in [-0.25, -0.2) is 0 Å². The molecule has 2 heterocycles. The second-order valence-electron chi connectivity index (χ2n) is 4.40. The molecule has 0 saturated carbocycles. The molecule has 1 aromatic heterocycles. The van der Waals surface area contributed by atoms with Crippen molar-refractivity contribution >= 4 is 5.91 Å². The molecule has 2 rings (SSSR count). The molecule has 0 aliphatic carbocycles. The zero-order chi connectivity index (χ0) is 12.3. The monoisotopic (exact) mass is 234 g/mol. The van der Waals surface area contributed by atoms with Crippen LogP contribution < -0.4 is 11.1 Å². The minimum absolute atomic E-state index is 0.0247. The van der Waals surface area contributed by atoms with Crippen LogP contribution >= 0.6 is 0 Å². The van der Waals surface area contributed by atoms with Crippen LogP contribution in [0.3, 0.4) is 0 Å². The maximum Gasteiger partial charge on any atom is 0.234 e. The number of rotatable bonds is 3. The van der Waals surface area contributed by atoms with E-state index in [1.807, 2.05) is 19.1 Å². The van der Waals surface area contributed by atoms with E-state index in [9.17, 15) is 4.79 Å². The van der Waals surface area contributed by atoms with Gasteiger partial charge >= 0.3 is 0 Å². The van der Waals surface area contributed by atoms with Gasteiger partial charge in [0.1, 0.15) is 0 Å². The summed E-state index contributed by atoms with van der Waals surface area (Å²) < 4.78 is 0. The Balaban J connectivity index is 2.20. The van der Waals surface area contributed by atoms with Gasteiger partial charge in [0, 0.05) is 31.5 Å². The van der Waals surface area contributed by atoms with Crippen molar-refractivity contribution in [2.45, 2.75) is 19.0 Å². The second-order valence-corrected chi connectivity index (χ2v) is 4.40. The van der Waals surface area contributed by atoms with Gasteiger partial charge in [0.25, 0.3) is 0 Å². The normalized spacial score (nSPS) is 20.7. The summed E-state index contributed by atoms with van der Waals surface area (Å²) in [4.78, 5) is 17.6. The van der Waals surface area contributed by atoms with Crippen LogP contribution in [0, 0.1) is 0 Å². The zero-order valence-corrected chi connectivity index (χ0v) is 9.97. The van der Waals surface area contributed by atoms with E-state index >= 15 is 0 Å². The predicted octanol–water partition coefficient (Wildman–Crippen LogP) is -0.0983. The third-order valence-electron chi connectivity index (χ3n) is 3.01. The fourth-order valence-corrected chi connectivity index (χ4v) is 2.30. The average Bonchev–Trinajstić information content (AvgIpc) is 2.30. The van der Waals surface area contributed by atoms with Gasteiger partial charge in [-0.1, -0.05) is 0 Å². The first-order valence-electron chi connectivity index (χ1n) is 5.84. The molecule has 5 heteroatoms. The number of nitrogens with one attached hydrogen (secondary N) is 1. The Bertz CT molecular complexity index is 379. The van der Waals surface area contributed by atoms with E-state index in [0.29, 0.717) is 13.1 Å². The van der Waals surface area contributed by atoms with Crippen molar-refractivity contribution in [3.05, 3.63) is 30.1 Å². The Hall–Kier alpha value is -1.46. The highest BCUT2D eigenvalue weighted by Crippen LogP contribution is 2.23. The number of piperazine rings is 1. The van der Waals surface area contributed by atoms with Gasteiger partial charge < -0.3 is 11.1 Å². The van der Waals surface area contributed by atoms with Crippen molar-refractivity contribution in [2.75, 3.05) is 19.6 Å². The van der Waals surface area contributed by atoms with Crippen LogP contribution in [-0.2, 0) is 4.79 Å². The molecule has 1 aromatic rings. The first-order valence-corrected chi connectivity index (χ1v) is 5.84. The number of hydrogen-bond donors (Lipinski definition) is 2. The number of hydrogen-bond acceptors (Lipinski definition) is 4. The minimum Gasteiger partial charge on any atom is -0.354 e. The van der Waals surface area contributed by atoms with Gasteiger partial charge in [0.2, 0.25) is 5.91 Å². The van der Waals surface area contributed by atoms with Gasteiger partial charge in [-0.15, -0.1) is 0 Å². The molecular weight excluding hydrogens is 216 g/mol. The van der Waals surface area contributed by atoms with Crippen LogP contribution in [0.15, 0.2) is 24.5 Å². The average molecular weight is 234 g/mol. The maximum atomic E-state index is 11.4. The van der Waals surface area contributed by atoms with Crippen LogP contribution in [0.1, 0.15) is 18.5 Å². The summed E-state index contributed by atoms with van der Waals surface area (Å²) in [7, 11) is 0. The molecule has 0 aromatic carbocycles. The summed E-state index contributed by atoms with van der Waals surface area (Å²) in [5.74, 6) is 0.0657. The molecule has 2 atom stereocenters. The highest BCUT2D eigenvalue weighted by atomic mass is 16.2. The Morgan fingerprint density at radius 2 is 2.18 bits per heavy atom. The van der Waals surface area contributed by atoms with E-state index in [1.54, 1.807) is 12.4 Å². The van der Waals surface area contributed by atoms with Gasteiger partial charge in [0.05, 0.1) is 12.6 Å². The van der Waals surface area contributed by atoms with E-state index in [4.69, 9.17) is 5.73 Å². The topological polar surface area (TPSA) is 71.2 Å². The van der Waals surface area contributed by atoms with Gasteiger partial charge in [0.15, 0.2) is 0 Å². The van der Waals surface area contributed by atoms with Gasteiger partial charge in [-0.3, -0.25) is 14.7 Å². The van der Waals surface area contributed by atoms with Crippen molar-refractivity contribution in [2.24, 2.45) is 5.73 Å². The number of nitrogens with zero attached hydrogens (tertiary/aromatic N) is 2.